The minimum atomic E-state index is -0.385. The van der Waals surface area contributed by atoms with E-state index in [9.17, 15) is 5.11 Å². The predicted molar refractivity (Wildman–Crippen MR) is 82.0 cm³/mol. The molecule has 0 aliphatic heterocycles. The molecule has 4 nitrogen and oxygen atoms in total. The van der Waals surface area contributed by atoms with E-state index < -0.39 is 0 Å². The van der Waals surface area contributed by atoms with E-state index in [1.54, 1.807) is 0 Å². The third kappa shape index (κ3) is 9.70. The fraction of sp³-hybridized carbons (Fsp3) is 1.00. The Morgan fingerprint density at radius 1 is 1.15 bits per heavy atom. The normalized spacial score (nSPS) is 18.6. The highest BCUT2D eigenvalue weighted by atomic mass is 16.5. The first-order valence-electron chi connectivity index (χ1n) is 8.30. The number of hydrogen-bond acceptors (Lipinski definition) is 4. The lowest BCUT2D eigenvalue weighted by Gasteiger charge is -2.23. The lowest BCUT2D eigenvalue weighted by Crippen LogP contribution is -2.33. The van der Waals surface area contributed by atoms with Gasteiger partial charge in [0.1, 0.15) is 0 Å². The molecule has 2 N–H and O–H groups in total. The van der Waals surface area contributed by atoms with Crippen molar-refractivity contribution < 1.29 is 14.6 Å². The van der Waals surface area contributed by atoms with Crippen LogP contribution in [0.1, 0.15) is 58.8 Å². The Morgan fingerprint density at radius 3 is 2.60 bits per heavy atom. The van der Waals surface area contributed by atoms with E-state index in [-0.39, 0.29) is 6.10 Å². The van der Waals surface area contributed by atoms with Crippen LogP contribution < -0.4 is 5.32 Å². The number of ether oxygens (including phenoxy) is 2. The molecule has 1 unspecified atom stereocenters. The van der Waals surface area contributed by atoms with Crippen LogP contribution in [-0.2, 0) is 9.47 Å². The highest BCUT2D eigenvalue weighted by Crippen LogP contribution is 2.20. The molecule has 0 aromatic carbocycles. The summed E-state index contributed by atoms with van der Waals surface area (Å²) >= 11 is 0. The van der Waals surface area contributed by atoms with Gasteiger partial charge in [0.2, 0.25) is 0 Å². The summed E-state index contributed by atoms with van der Waals surface area (Å²) < 4.78 is 11.2. The molecule has 0 heterocycles. The molecule has 1 aliphatic carbocycles. The number of hydrogen-bond donors (Lipinski definition) is 2. The Morgan fingerprint density at radius 2 is 1.90 bits per heavy atom. The lowest BCUT2D eigenvalue weighted by molar-refractivity contribution is -0.0229. The molecule has 1 fully saturated rings. The van der Waals surface area contributed by atoms with Crippen molar-refractivity contribution >= 4 is 0 Å². The van der Waals surface area contributed by atoms with E-state index in [0.29, 0.717) is 25.4 Å². The van der Waals surface area contributed by atoms with Gasteiger partial charge in [0, 0.05) is 13.2 Å². The standard InChI is InChI=1S/C16H33NO3/c1-14(2)19-11-7-6-10-17-12-15(18)13-20-16-8-4-3-5-9-16/h14-18H,3-13H2,1-2H3. The Labute approximate surface area is 124 Å². The van der Waals surface area contributed by atoms with Gasteiger partial charge in [-0.15, -0.1) is 0 Å². The summed E-state index contributed by atoms with van der Waals surface area (Å²) in [6.07, 6.45) is 8.69. The molecule has 1 aliphatic rings. The van der Waals surface area contributed by atoms with Gasteiger partial charge in [0.05, 0.1) is 24.9 Å². The summed E-state index contributed by atoms with van der Waals surface area (Å²) in [5.41, 5.74) is 0. The van der Waals surface area contributed by atoms with Gasteiger partial charge >= 0.3 is 0 Å². The van der Waals surface area contributed by atoms with Crippen LogP contribution in [0.15, 0.2) is 0 Å². The molecular formula is C16H33NO3. The van der Waals surface area contributed by atoms with E-state index >= 15 is 0 Å². The Balaban J connectivity index is 1.85. The van der Waals surface area contributed by atoms with Gasteiger partial charge in [0.15, 0.2) is 0 Å². The van der Waals surface area contributed by atoms with E-state index in [2.05, 4.69) is 19.2 Å². The maximum Gasteiger partial charge on any atom is 0.0897 e. The summed E-state index contributed by atoms with van der Waals surface area (Å²) in [5.74, 6) is 0. The summed E-state index contributed by atoms with van der Waals surface area (Å²) in [6.45, 7) is 6.96. The van der Waals surface area contributed by atoms with Crippen molar-refractivity contribution in [3.63, 3.8) is 0 Å². The molecule has 1 saturated carbocycles. The molecule has 4 heteroatoms. The summed E-state index contributed by atoms with van der Waals surface area (Å²) in [5, 5.41) is 13.1. The molecule has 0 bridgehead atoms. The minimum Gasteiger partial charge on any atom is -0.389 e. The topological polar surface area (TPSA) is 50.7 Å². The van der Waals surface area contributed by atoms with Crippen LogP contribution in [0, 0.1) is 0 Å². The molecule has 0 saturated heterocycles. The molecular weight excluding hydrogens is 254 g/mol. The molecule has 20 heavy (non-hydrogen) atoms. The van der Waals surface area contributed by atoms with Crippen molar-refractivity contribution in [1.29, 1.82) is 0 Å². The number of rotatable bonds is 11. The average Bonchev–Trinajstić information content (AvgIpc) is 2.45. The second-order valence-electron chi connectivity index (χ2n) is 6.08. The zero-order chi connectivity index (χ0) is 14.6. The maximum absolute atomic E-state index is 9.84. The summed E-state index contributed by atoms with van der Waals surface area (Å²) in [7, 11) is 0. The highest BCUT2D eigenvalue weighted by molar-refractivity contribution is 4.67. The number of aliphatic hydroxyl groups excluding tert-OH is 1. The molecule has 0 aromatic heterocycles. The molecule has 0 spiro atoms. The smallest absolute Gasteiger partial charge is 0.0897 e. The van der Waals surface area contributed by atoms with Gasteiger partial charge in [-0.3, -0.25) is 0 Å². The van der Waals surface area contributed by atoms with Crippen molar-refractivity contribution in [1.82, 2.24) is 5.32 Å². The fourth-order valence-electron chi connectivity index (χ4n) is 2.48. The van der Waals surface area contributed by atoms with E-state index in [4.69, 9.17) is 9.47 Å². The average molecular weight is 287 g/mol. The molecule has 0 amide bonds. The van der Waals surface area contributed by atoms with Crippen LogP contribution in [0.25, 0.3) is 0 Å². The molecule has 120 valence electrons. The molecule has 1 atom stereocenters. The SMILES string of the molecule is CC(C)OCCCCNCC(O)COC1CCCCC1. The Bertz CT molecular complexity index is 218. The second-order valence-corrected chi connectivity index (χ2v) is 6.08. The minimum absolute atomic E-state index is 0.321. The lowest BCUT2D eigenvalue weighted by atomic mass is 9.98. The fourth-order valence-corrected chi connectivity index (χ4v) is 2.48. The van der Waals surface area contributed by atoms with Gasteiger partial charge in [-0.1, -0.05) is 19.3 Å². The zero-order valence-corrected chi connectivity index (χ0v) is 13.3. The first kappa shape index (κ1) is 17.9. The molecule has 1 rings (SSSR count). The zero-order valence-electron chi connectivity index (χ0n) is 13.3. The Hall–Kier alpha value is -0.160. The van der Waals surface area contributed by atoms with Crippen molar-refractivity contribution in [3.8, 4) is 0 Å². The van der Waals surface area contributed by atoms with Crippen molar-refractivity contribution in [2.45, 2.75) is 77.1 Å². The van der Waals surface area contributed by atoms with Crippen LogP contribution in [0.3, 0.4) is 0 Å². The Kier molecular flexibility index (Phi) is 10.3. The van der Waals surface area contributed by atoms with Gasteiger partial charge in [-0.05, 0) is 46.1 Å². The second kappa shape index (κ2) is 11.5. The van der Waals surface area contributed by atoms with Crippen molar-refractivity contribution in [3.05, 3.63) is 0 Å². The van der Waals surface area contributed by atoms with Crippen LogP contribution in [0.4, 0.5) is 0 Å². The third-order valence-corrected chi connectivity index (χ3v) is 3.66. The molecule has 0 aromatic rings. The quantitative estimate of drug-likeness (QED) is 0.573. The maximum atomic E-state index is 9.84. The van der Waals surface area contributed by atoms with Crippen LogP contribution in [0.5, 0.6) is 0 Å². The van der Waals surface area contributed by atoms with Gasteiger partial charge < -0.3 is 19.9 Å². The predicted octanol–water partition coefficient (Wildman–Crippen LogP) is 2.49. The first-order chi connectivity index (χ1) is 9.68. The van der Waals surface area contributed by atoms with Crippen LogP contribution in [-0.4, -0.2) is 49.7 Å². The number of aliphatic hydroxyl groups is 1. The van der Waals surface area contributed by atoms with Crippen LogP contribution >= 0.6 is 0 Å². The van der Waals surface area contributed by atoms with E-state index in [1.165, 1.54) is 19.3 Å². The monoisotopic (exact) mass is 287 g/mol. The third-order valence-electron chi connectivity index (χ3n) is 3.66. The number of nitrogens with one attached hydrogen (secondary N) is 1. The van der Waals surface area contributed by atoms with Crippen molar-refractivity contribution in [2.75, 3.05) is 26.3 Å². The van der Waals surface area contributed by atoms with Crippen LogP contribution in [0.2, 0.25) is 0 Å². The first-order valence-corrected chi connectivity index (χ1v) is 8.30. The van der Waals surface area contributed by atoms with Gasteiger partial charge in [-0.25, -0.2) is 0 Å². The van der Waals surface area contributed by atoms with E-state index in [0.717, 1.165) is 38.8 Å². The van der Waals surface area contributed by atoms with E-state index in [1.807, 2.05) is 0 Å². The summed E-state index contributed by atoms with van der Waals surface area (Å²) in [6, 6.07) is 0. The van der Waals surface area contributed by atoms with Gasteiger partial charge in [-0.2, -0.15) is 0 Å². The highest BCUT2D eigenvalue weighted by Gasteiger charge is 2.15. The number of unbranched alkanes of at least 4 members (excludes halogenated alkanes) is 1. The van der Waals surface area contributed by atoms with Crippen molar-refractivity contribution in [2.24, 2.45) is 0 Å². The molecule has 0 radical (unpaired) electrons. The van der Waals surface area contributed by atoms with Gasteiger partial charge in [0.25, 0.3) is 0 Å². The summed E-state index contributed by atoms with van der Waals surface area (Å²) in [4.78, 5) is 0. The largest absolute Gasteiger partial charge is 0.389 e.